The molecular weight excluding hydrogens is 480 g/mol. The number of aromatic nitrogens is 2. The van der Waals surface area contributed by atoms with Crippen LogP contribution < -0.4 is 0 Å². The van der Waals surface area contributed by atoms with Gasteiger partial charge in [0.05, 0.1) is 12.2 Å². The number of ether oxygens (including phenoxy) is 2. The molecule has 38 heavy (non-hydrogen) atoms. The molecule has 0 fully saturated rings. The van der Waals surface area contributed by atoms with Gasteiger partial charge < -0.3 is 19.1 Å². The highest BCUT2D eigenvalue weighted by Crippen LogP contribution is 2.30. The zero-order valence-electron chi connectivity index (χ0n) is 23.6. The van der Waals surface area contributed by atoms with E-state index in [2.05, 4.69) is 6.92 Å². The predicted octanol–water partition coefficient (Wildman–Crippen LogP) is 6.30. The van der Waals surface area contributed by atoms with Crippen molar-refractivity contribution in [2.75, 3.05) is 6.61 Å². The van der Waals surface area contributed by atoms with Gasteiger partial charge in [-0.3, -0.25) is 0 Å². The maximum absolute atomic E-state index is 13.1. The van der Waals surface area contributed by atoms with Crippen LogP contribution in [0.25, 0.3) is 11.1 Å². The maximum atomic E-state index is 13.1. The third-order valence-electron chi connectivity index (χ3n) is 6.34. The highest BCUT2D eigenvalue weighted by atomic mass is 16.6. The Morgan fingerprint density at radius 1 is 0.947 bits per heavy atom. The standard InChI is InChI=1S/C31H40N2O5/c1-8-13-25-32-27(31(7,36)9-2)26(29(35)37-10-3)33(25)20-21-16-18-22(19-17-21)23-14-11-12-15-24(23)28(34)38-30(4,5)6/h11-12,14-19,36H,8-10,13,20H2,1-7H3. The molecule has 0 bridgehead atoms. The Morgan fingerprint density at radius 3 is 2.18 bits per heavy atom. The topological polar surface area (TPSA) is 90.6 Å². The number of nitrogens with zero attached hydrogens (tertiary/aromatic N) is 2. The van der Waals surface area contributed by atoms with Crippen LogP contribution in [0.5, 0.6) is 0 Å². The first-order valence-corrected chi connectivity index (χ1v) is 13.3. The monoisotopic (exact) mass is 520 g/mol. The van der Waals surface area contributed by atoms with Gasteiger partial charge >= 0.3 is 11.9 Å². The molecule has 1 atom stereocenters. The van der Waals surface area contributed by atoms with Gasteiger partial charge in [0.1, 0.15) is 22.7 Å². The van der Waals surface area contributed by atoms with Crippen LogP contribution in [0.3, 0.4) is 0 Å². The largest absolute Gasteiger partial charge is 0.461 e. The molecule has 0 aliphatic rings. The number of aryl methyl sites for hydroxylation is 1. The number of hydrogen-bond donors (Lipinski definition) is 1. The van der Waals surface area contributed by atoms with Crippen LogP contribution in [-0.2, 0) is 28.0 Å². The van der Waals surface area contributed by atoms with Gasteiger partial charge in [0, 0.05) is 13.0 Å². The van der Waals surface area contributed by atoms with Gasteiger partial charge in [0.2, 0.25) is 0 Å². The second kappa shape index (κ2) is 11.9. The summed E-state index contributed by atoms with van der Waals surface area (Å²) in [5.41, 5.74) is 1.92. The van der Waals surface area contributed by atoms with Crippen molar-refractivity contribution in [3.8, 4) is 11.1 Å². The predicted molar refractivity (Wildman–Crippen MR) is 148 cm³/mol. The van der Waals surface area contributed by atoms with Gasteiger partial charge in [-0.05, 0) is 70.2 Å². The summed E-state index contributed by atoms with van der Waals surface area (Å²) in [6.45, 7) is 13.5. The van der Waals surface area contributed by atoms with Gasteiger partial charge in [-0.15, -0.1) is 0 Å². The normalized spacial score (nSPS) is 13.2. The second-order valence-corrected chi connectivity index (χ2v) is 10.7. The number of imidazole rings is 1. The molecule has 0 spiro atoms. The quantitative estimate of drug-likeness (QED) is 0.316. The summed E-state index contributed by atoms with van der Waals surface area (Å²) in [7, 11) is 0. The van der Waals surface area contributed by atoms with Crippen LogP contribution >= 0.6 is 0 Å². The molecule has 0 saturated carbocycles. The van der Waals surface area contributed by atoms with E-state index in [0.29, 0.717) is 36.3 Å². The fourth-order valence-electron chi connectivity index (χ4n) is 4.25. The van der Waals surface area contributed by atoms with Gasteiger partial charge in [0.15, 0.2) is 5.69 Å². The molecule has 0 saturated heterocycles. The highest BCUT2D eigenvalue weighted by molar-refractivity contribution is 5.97. The van der Waals surface area contributed by atoms with Crippen molar-refractivity contribution in [1.29, 1.82) is 0 Å². The summed E-state index contributed by atoms with van der Waals surface area (Å²) in [5.74, 6) is -0.123. The molecule has 0 amide bonds. The van der Waals surface area contributed by atoms with E-state index in [1.807, 2.05) is 74.7 Å². The number of hydrogen-bond acceptors (Lipinski definition) is 6. The highest BCUT2D eigenvalue weighted by Gasteiger charge is 2.34. The SMILES string of the molecule is CCCc1nc(C(C)(O)CC)c(C(=O)OCC)n1Cc1ccc(-c2ccccc2C(=O)OC(C)(C)C)cc1. The fourth-order valence-corrected chi connectivity index (χ4v) is 4.25. The van der Waals surface area contributed by atoms with Crippen LogP contribution in [0.15, 0.2) is 48.5 Å². The van der Waals surface area contributed by atoms with Gasteiger partial charge in [0.25, 0.3) is 0 Å². The molecule has 7 heteroatoms. The minimum Gasteiger partial charge on any atom is -0.461 e. The van der Waals surface area contributed by atoms with Crippen LogP contribution in [0, 0.1) is 0 Å². The maximum Gasteiger partial charge on any atom is 0.357 e. The summed E-state index contributed by atoms with van der Waals surface area (Å²) in [4.78, 5) is 30.6. The van der Waals surface area contributed by atoms with Crippen molar-refractivity contribution < 1.29 is 24.2 Å². The zero-order valence-corrected chi connectivity index (χ0v) is 23.6. The van der Waals surface area contributed by atoms with E-state index in [4.69, 9.17) is 14.5 Å². The molecular formula is C31H40N2O5. The summed E-state index contributed by atoms with van der Waals surface area (Å²) in [5, 5.41) is 11.0. The lowest BCUT2D eigenvalue weighted by Gasteiger charge is -2.21. The van der Waals surface area contributed by atoms with Crippen molar-refractivity contribution in [1.82, 2.24) is 9.55 Å². The molecule has 3 aromatic rings. The average Bonchev–Trinajstić information content (AvgIpc) is 3.22. The number of rotatable bonds is 10. The minimum absolute atomic E-state index is 0.229. The van der Waals surface area contributed by atoms with Crippen molar-refractivity contribution in [2.24, 2.45) is 0 Å². The Hall–Kier alpha value is -3.45. The van der Waals surface area contributed by atoms with Crippen molar-refractivity contribution in [3.63, 3.8) is 0 Å². The number of carbonyl (C=O) groups is 2. The molecule has 1 unspecified atom stereocenters. The van der Waals surface area contributed by atoms with E-state index in [1.165, 1.54) is 0 Å². The van der Waals surface area contributed by atoms with E-state index >= 15 is 0 Å². The number of aliphatic hydroxyl groups is 1. The first-order valence-electron chi connectivity index (χ1n) is 13.3. The molecule has 2 aromatic carbocycles. The van der Waals surface area contributed by atoms with Crippen molar-refractivity contribution in [2.45, 2.75) is 85.5 Å². The Balaban J connectivity index is 2.01. The molecule has 0 aliphatic carbocycles. The van der Waals surface area contributed by atoms with Crippen molar-refractivity contribution >= 4 is 11.9 Å². The van der Waals surface area contributed by atoms with E-state index in [0.717, 1.165) is 28.9 Å². The second-order valence-electron chi connectivity index (χ2n) is 10.7. The summed E-state index contributed by atoms with van der Waals surface area (Å²) >= 11 is 0. The lowest BCUT2D eigenvalue weighted by Crippen LogP contribution is -2.25. The Morgan fingerprint density at radius 2 is 1.61 bits per heavy atom. The molecule has 0 radical (unpaired) electrons. The van der Waals surface area contributed by atoms with E-state index < -0.39 is 17.2 Å². The van der Waals surface area contributed by atoms with Crippen LogP contribution in [0.2, 0.25) is 0 Å². The lowest BCUT2D eigenvalue weighted by molar-refractivity contribution is 0.00701. The first kappa shape index (κ1) is 29.1. The molecule has 1 N–H and O–H groups in total. The summed E-state index contributed by atoms with van der Waals surface area (Å²) in [6.07, 6.45) is 1.91. The fraction of sp³-hybridized carbons (Fsp3) is 0.452. The van der Waals surface area contributed by atoms with E-state index in [1.54, 1.807) is 19.9 Å². The molecule has 204 valence electrons. The lowest BCUT2D eigenvalue weighted by atomic mass is 9.97. The average molecular weight is 521 g/mol. The van der Waals surface area contributed by atoms with Crippen LogP contribution in [-0.4, -0.2) is 38.8 Å². The Kier molecular flexibility index (Phi) is 9.15. The van der Waals surface area contributed by atoms with E-state index in [-0.39, 0.29) is 12.6 Å². The first-order chi connectivity index (χ1) is 17.9. The molecule has 7 nitrogen and oxygen atoms in total. The Bertz CT molecular complexity index is 1270. The van der Waals surface area contributed by atoms with E-state index in [9.17, 15) is 14.7 Å². The summed E-state index contributed by atoms with van der Waals surface area (Å²) < 4.78 is 12.8. The molecule has 1 heterocycles. The van der Waals surface area contributed by atoms with Gasteiger partial charge in [-0.25, -0.2) is 14.6 Å². The molecule has 0 aliphatic heterocycles. The zero-order chi connectivity index (χ0) is 28.1. The third kappa shape index (κ3) is 6.70. The van der Waals surface area contributed by atoms with Gasteiger partial charge in [-0.1, -0.05) is 56.3 Å². The van der Waals surface area contributed by atoms with Crippen LogP contribution in [0.4, 0.5) is 0 Å². The Labute approximate surface area is 225 Å². The summed E-state index contributed by atoms with van der Waals surface area (Å²) in [6, 6.07) is 15.3. The van der Waals surface area contributed by atoms with Crippen molar-refractivity contribution in [3.05, 3.63) is 76.9 Å². The molecule has 3 rings (SSSR count). The third-order valence-corrected chi connectivity index (χ3v) is 6.34. The number of esters is 2. The number of carbonyl (C=O) groups excluding carboxylic acids is 2. The smallest absolute Gasteiger partial charge is 0.357 e. The molecule has 1 aromatic heterocycles. The minimum atomic E-state index is -1.26. The number of benzene rings is 2. The van der Waals surface area contributed by atoms with Crippen LogP contribution in [0.1, 0.15) is 99.2 Å². The van der Waals surface area contributed by atoms with Gasteiger partial charge in [-0.2, -0.15) is 0 Å².